The van der Waals surface area contributed by atoms with E-state index in [4.69, 9.17) is 0 Å². The SMILES string of the molecule is COC(=O)C(CNC(=O)c1ccc2cccc(-c3cccc4ccccc34)c2n1)N=S(=O)=O.N. The molecule has 0 radical (unpaired) electrons. The molecule has 0 aliphatic carbocycles. The summed E-state index contributed by atoms with van der Waals surface area (Å²) in [6.45, 7) is -0.343. The zero-order chi connectivity index (χ0) is 23.4. The van der Waals surface area contributed by atoms with Gasteiger partial charge in [0, 0.05) is 10.9 Å². The molecule has 9 nitrogen and oxygen atoms in total. The van der Waals surface area contributed by atoms with E-state index in [0.717, 1.165) is 34.4 Å². The molecule has 0 spiro atoms. The number of hydrogen-bond acceptors (Lipinski definition) is 8. The number of nitrogens with one attached hydrogen (secondary N) is 1. The van der Waals surface area contributed by atoms with E-state index in [-0.39, 0.29) is 18.4 Å². The Morgan fingerprint density at radius 2 is 1.62 bits per heavy atom. The Morgan fingerprint density at radius 3 is 2.35 bits per heavy atom. The number of benzene rings is 3. The zero-order valence-corrected chi connectivity index (χ0v) is 19.1. The van der Waals surface area contributed by atoms with Crippen molar-refractivity contribution in [2.45, 2.75) is 6.04 Å². The van der Waals surface area contributed by atoms with Crippen LogP contribution < -0.4 is 11.5 Å². The first-order chi connectivity index (χ1) is 16.0. The van der Waals surface area contributed by atoms with Gasteiger partial charge in [-0.3, -0.25) is 4.79 Å². The lowest BCUT2D eigenvalue weighted by Gasteiger charge is -2.12. The molecule has 4 aromatic rings. The molecule has 0 fully saturated rings. The molecular weight excluding hydrogens is 456 g/mol. The minimum absolute atomic E-state index is 0. The zero-order valence-electron chi connectivity index (χ0n) is 18.3. The van der Waals surface area contributed by atoms with E-state index < -0.39 is 28.4 Å². The van der Waals surface area contributed by atoms with Crippen molar-refractivity contribution in [1.82, 2.24) is 16.5 Å². The lowest BCUT2D eigenvalue weighted by molar-refractivity contribution is -0.141. The van der Waals surface area contributed by atoms with Crippen molar-refractivity contribution in [3.05, 3.63) is 78.5 Å². The third-order valence-electron chi connectivity index (χ3n) is 5.18. The summed E-state index contributed by atoms with van der Waals surface area (Å²) in [5, 5.41) is 5.52. The van der Waals surface area contributed by atoms with Crippen molar-refractivity contribution in [2.75, 3.05) is 13.7 Å². The summed E-state index contributed by atoms with van der Waals surface area (Å²) in [5.74, 6) is -1.44. The normalized spacial score (nSPS) is 11.3. The number of para-hydroxylation sites is 1. The van der Waals surface area contributed by atoms with Crippen molar-refractivity contribution < 1.29 is 22.7 Å². The number of pyridine rings is 1. The van der Waals surface area contributed by atoms with Gasteiger partial charge in [-0.1, -0.05) is 66.7 Å². The van der Waals surface area contributed by atoms with E-state index >= 15 is 0 Å². The van der Waals surface area contributed by atoms with E-state index in [9.17, 15) is 18.0 Å². The van der Waals surface area contributed by atoms with Crippen LogP contribution in [0.15, 0.2) is 77.2 Å². The Hall–Kier alpha value is -4.15. The molecule has 174 valence electrons. The molecule has 0 saturated carbocycles. The van der Waals surface area contributed by atoms with Crippen LogP contribution in [0.2, 0.25) is 0 Å². The molecule has 1 atom stereocenters. The largest absolute Gasteiger partial charge is 0.467 e. The summed E-state index contributed by atoms with van der Waals surface area (Å²) in [7, 11) is -1.71. The van der Waals surface area contributed by atoms with Gasteiger partial charge in [0.2, 0.25) is 0 Å². The number of aromatic nitrogens is 1. The van der Waals surface area contributed by atoms with Gasteiger partial charge in [-0.15, -0.1) is 0 Å². The number of fused-ring (bicyclic) bond motifs is 2. The van der Waals surface area contributed by atoms with Crippen molar-refractivity contribution >= 4 is 44.1 Å². The molecule has 10 heteroatoms. The van der Waals surface area contributed by atoms with Crippen molar-refractivity contribution in [1.29, 1.82) is 0 Å². The summed E-state index contributed by atoms with van der Waals surface area (Å²) in [5.41, 5.74) is 2.65. The molecule has 0 aliphatic rings. The van der Waals surface area contributed by atoms with Gasteiger partial charge >= 0.3 is 16.5 Å². The maximum Gasteiger partial charge on any atom is 0.333 e. The molecule has 34 heavy (non-hydrogen) atoms. The number of ether oxygens (including phenoxy) is 1. The highest BCUT2D eigenvalue weighted by Crippen LogP contribution is 2.33. The number of nitrogens with zero attached hydrogens (tertiary/aromatic N) is 2. The Kier molecular flexibility index (Phi) is 7.67. The second-order valence-corrected chi connectivity index (χ2v) is 7.82. The van der Waals surface area contributed by atoms with Gasteiger partial charge in [-0.05, 0) is 22.4 Å². The second kappa shape index (κ2) is 10.6. The number of carbonyl (C=O) groups is 2. The van der Waals surface area contributed by atoms with Crippen LogP contribution in [0.5, 0.6) is 0 Å². The Morgan fingerprint density at radius 1 is 0.941 bits per heavy atom. The highest BCUT2D eigenvalue weighted by atomic mass is 32.2. The molecule has 4 N–H and O–H groups in total. The van der Waals surface area contributed by atoms with Crippen LogP contribution in [0.4, 0.5) is 0 Å². The molecule has 1 aromatic heterocycles. The first-order valence-electron chi connectivity index (χ1n) is 10.0. The maximum absolute atomic E-state index is 12.7. The summed E-state index contributed by atoms with van der Waals surface area (Å²) < 4.78 is 29.5. The van der Waals surface area contributed by atoms with Gasteiger partial charge in [0.05, 0.1) is 19.2 Å². The van der Waals surface area contributed by atoms with Crippen molar-refractivity contribution in [2.24, 2.45) is 4.36 Å². The van der Waals surface area contributed by atoms with Crippen LogP contribution >= 0.6 is 0 Å². The monoisotopic (exact) mass is 478 g/mol. The number of rotatable bonds is 6. The predicted octanol–water partition coefficient (Wildman–Crippen LogP) is 3.55. The van der Waals surface area contributed by atoms with Crippen LogP contribution in [0.3, 0.4) is 0 Å². The number of carbonyl (C=O) groups excluding carboxylic acids is 2. The summed E-state index contributed by atoms with van der Waals surface area (Å²) in [6.07, 6.45) is 0. The van der Waals surface area contributed by atoms with Crippen molar-refractivity contribution in [3.8, 4) is 11.1 Å². The maximum atomic E-state index is 12.7. The van der Waals surface area contributed by atoms with E-state index in [2.05, 4.69) is 19.4 Å². The highest BCUT2D eigenvalue weighted by Gasteiger charge is 2.21. The smallest absolute Gasteiger partial charge is 0.333 e. The first kappa shape index (κ1) is 24.5. The molecule has 1 heterocycles. The van der Waals surface area contributed by atoms with Gasteiger partial charge in [-0.2, -0.15) is 12.8 Å². The summed E-state index contributed by atoms with van der Waals surface area (Å²) >= 11 is 0. The average molecular weight is 479 g/mol. The molecule has 1 unspecified atom stereocenters. The molecule has 0 aliphatic heterocycles. The van der Waals surface area contributed by atoms with E-state index in [1.807, 2.05) is 60.7 Å². The molecule has 3 aromatic carbocycles. The first-order valence-corrected chi connectivity index (χ1v) is 11.1. The minimum atomic E-state index is -2.82. The van der Waals surface area contributed by atoms with Crippen LogP contribution in [0, 0.1) is 0 Å². The van der Waals surface area contributed by atoms with Crippen LogP contribution in [0.25, 0.3) is 32.8 Å². The summed E-state index contributed by atoms with van der Waals surface area (Å²) in [4.78, 5) is 29.0. The topological polar surface area (TPSA) is 150 Å². The van der Waals surface area contributed by atoms with E-state index in [1.165, 1.54) is 0 Å². The lowest BCUT2D eigenvalue weighted by Crippen LogP contribution is -2.36. The van der Waals surface area contributed by atoms with Crippen LogP contribution in [-0.4, -0.2) is 45.0 Å². The number of hydrogen-bond donors (Lipinski definition) is 2. The van der Waals surface area contributed by atoms with Crippen LogP contribution in [0.1, 0.15) is 10.5 Å². The molecule has 4 rings (SSSR count). The van der Waals surface area contributed by atoms with E-state index in [1.54, 1.807) is 12.1 Å². The Bertz CT molecular complexity index is 1510. The van der Waals surface area contributed by atoms with Gasteiger partial charge in [0.15, 0.2) is 6.04 Å². The van der Waals surface area contributed by atoms with E-state index in [0.29, 0.717) is 5.52 Å². The average Bonchev–Trinajstić information content (AvgIpc) is 2.84. The molecule has 0 bridgehead atoms. The number of esters is 1. The predicted molar refractivity (Wildman–Crippen MR) is 129 cm³/mol. The fourth-order valence-corrected chi connectivity index (χ4v) is 4.00. The van der Waals surface area contributed by atoms with Crippen LogP contribution in [-0.2, 0) is 20.0 Å². The number of amides is 1. The highest BCUT2D eigenvalue weighted by molar-refractivity contribution is 7.61. The Labute approximate surface area is 197 Å². The third kappa shape index (κ3) is 5.08. The third-order valence-corrected chi connectivity index (χ3v) is 5.60. The summed E-state index contributed by atoms with van der Waals surface area (Å²) in [6, 6.07) is 21.8. The van der Waals surface area contributed by atoms with Gasteiger partial charge < -0.3 is 16.2 Å². The molecule has 0 saturated heterocycles. The van der Waals surface area contributed by atoms with Crippen molar-refractivity contribution in [3.63, 3.8) is 0 Å². The van der Waals surface area contributed by atoms with Gasteiger partial charge in [-0.25, -0.2) is 9.78 Å². The lowest BCUT2D eigenvalue weighted by atomic mass is 9.96. The fourth-order valence-electron chi connectivity index (χ4n) is 3.63. The molecular formula is C24H22N4O5S. The van der Waals surface area contributed by atoms with Gasteiger partial charge in [0.25, 0.3) is 5.91 Å². The number of methoxy groups -OCH3 is 1. The fraction of sp³-hybridized carbons (Fsp3) is 0.125. The Balaban J connectivity index is 0.00000324. The standard InChI is InChI=1S/C24H19N3O5S.H3N/c1-32-24(29)21(27-33(30)31)14-25-23(28)20-13-12-16-8-5-11-19(22(16)26-20)18-10-4-7-15-6-2-3-9-17(15)18;/h2-13,21H,14H2,1H3,(H,25,28);1H3. The minimum Gasteiger partial charge on any atom is -0.467 e. The van der Waals surface area contributed by atoms with Gasteiger partial charge in [0.1, 0.15) is 5.69 Å². The second-order valence-electron chi connectivity index (χ2n) is 7.17. The molecule has 1 amide bonds. The quantitative estimate of drug-likeness (QED) is 0.402.